The lowest BCUT2D eigenvalue weighted by atomic mass is 10.1. The first-order valence-corrected chi connectivity index (χ1v) is 8.01. The molecule has 5 nitrogen and oxygen atoms in total. The third-order valence-corrected chi connectivity index (χ3v) is 4.40. The summed E-state index contributed by atoms with van der Waals surface area (Å²) in [7, 11) is 0. The number of carbonyl (C=O) groups is 1. The highest BCUT2D eigenvalue weighted by Crippen LogP contribution is 2.17. The van der Waals surface area contributed by atoms with Crippen LogP contribution < -0.4 is 5.73 Å². The van der Waals surface area contributed by atoms with Gasteiger partial charge in [0.2, 0.25) is 5.91 Å². The molecule has 0 aliphatic carbocycles. The van der Waals surface area contributed by atoms with Crippen molar-refractivity contribution in [1.29, 1.82) is 0 Å². The molecular weight excluding hydrogens is 254 g/mol. The maximum atomic E-state index is 12.2. The molecule has 2 atom stereocenters. The fraction of sp³-hybridized carbons (Fsp3) is 0.933. The Morgan fingerprint density at radius 1 is 1.35 bits per heavy atom. The number of ether oxygens (including phenoxy) is 1. The topological polar surface area (TPSA) is 58.8 Å². The first-order valence-electron chi connectivity index (χ1n) is 8.01. The predicted molar refractivity (Wildman–Crippen MR) is 79.4 cm³/mol. The van der Waals surface area contributed by atoms with Gasteiger partial charge in [-0.1, -0.05) is 6.92 Å². The summed E-state index contributed by atoms with van der Waals surface area (Å²) in [5.74, 6) is 0.837. The van der Waals surface area contributed by atoms with Gasteiger partial charge in [-0.3, -0.25) is 9.69 Å². The standard InChI is InChI=1S/C15H29N3O2/c1-13(11-16)12-17-6-8-18(9-7-17)15(19)5-4-14-3-2-10-20-14/h13-14H,2-12,16H2,1H3. The van der Waals surface area contributed by atoms with E-state index in [0.717, 1.165) is 65.1 Å². The number of hydrogen-bond donors (Lipinski definition) is 1. The summed E-state index contributed by atoms with van der Waals surface area (Å²) >= 11 is 0. The Morgan fingerprint density at radius 2 is 2.10 bits per heavy atom. The van der Waals surface area contributed by atoms with E-state index in [1.165, 1.54) is 0 Å². The van der Waals surface area contributed by atoms with Crippen LogP contribution in [0.3, 0.4) is 0 Å². The van der Waals surface area contributed by atoms with Gasteiger partial charge in [0.1, 0.15) is 0 Å². The average Bonchev–Trinajstić information content (AvgIpc) is 2.98. The van der Waals surface area contributed by atoms with Crippen LogP contribution in [0, 0.1) is 5.92 Å². The van der Waals surface area contributed by atoms with Crippen LogP contribution in [0.5, 0.6) is 0 Å². The molecule has 0 saturated carbocycles. The number of piperazine rings is 1. The van der Waals surface area contributed by atoms with Crippen molar-refractivity contribution in [2.45, 2.75) is 38.7 Å². The minimum atomic E-state index is 0.298. The largest absolute Gasteiger partial charge is 0.378 e. The van der Waals surface area contributed by atoms with Gasteiger partial charge in [-0.05, 0) is 31.7 Å². The molecule has 5 heteroatoms. The molecule has 0 spiro atoms. The van der Waals surface area contributed by atoms with E-state index in [9.17, 15) is 4.79 Å². The van der Waals surface area contributed by atoms with Crippen LogP contribution >= 0.6 is 0 Å². The van der Waals surface area contributed by atoms with E-state index >= 15 is 0 Å². The third-order valence-electron chi connectivity index (χ3n) is 4.40. The predicted octanol–water partition coefficient (Wildman–Crippen LogP) is 0.685. The fourth-order valence-corrected chi connectivity index (χ4v) is 3.01. The van der Waals surface area contributed by atoms with Crippen molar-refractivity contribution in [2.75, 3.05) is 45.9 Å². The second kappa shape index (κ2) is 7.96. The molecule has 2 fully saturated rings. The first kappa shape index (κ1) is 15.7. The Morgan fingerprint density at radius 3 is 2.70 bits per heavy atom. The molecule has 0 aromatic heterocycles. The molecule has 2 aliphatic heterocycles. The van der Waals surface area contributed by atoms with Crippen molar-refractivity contribution >= 4 is 5.91 Å². The number of amides is 1. The quantitative estimate of drug-likeness (QED) is 0.779. The van der Waals surface area contributed by atoms with Crippen LogP contribution in [0.1, 0.15) is 32.6 Å². The summed E-state index contributed by atoms with van der Waals surface area (Å²) in [6.07, 6.45) is 4.13. The minimum Gasteiger partial charge on any atom is -0.378 e. The molecule has 2 unspecified atom stereocenters. The second-order valence-corrected chi connectivity index (χ2v) is 6.20. The maximum Gasteiger partial charge on any atom is 0.222 e. The molecule has 2 N–H and O–H groups in total. The number of carbonyl (C=O) groups excluding carboxylic acids is 1. The van der Waals surface area contributed by atoms with Gasteiger partial charge in [-0.15, -0.1) is 0 Å². The van der Waals surface area contributed by atoms with Crippen molar-refractivity contribution in [2.24, 2.45) is 11.7 Å². The Balaban J connectivity index is 1.63. The van der Waals surface area contributed by atoms with Crippen molar-refractivity contribution in [1.82, 2.24) is 9.80 Å². The lowest BCUT2D eigenvalue weighted by Crippen LogP contribution is -2.50. The van der Waals surface area contributed by atoms with Crippen molar-refractivity contribution in [3.63, 3.8) is 0 Å². The van der Waals surface area contributed by atoms with Gasteiger partial charge in [0.15, 0.2) is 0 Å². The van der Waals surface area contributed by atoms with Crippen molar-refractivity contribution in [3.05, 3.63) is 0 Å². The van der Waals surface area contributed by atoms with Gasteiger partial charge in [-0.25, -0.2) is 0 Å². The lowest BCUT2D eigenvalue weighted by molar-refractivity contribution is -0.133. The molecule has 2 saturated heterocycles. The fourth-order valence-electron chi connectivity index (χ4n) is 3.01. The molecule has 0 aromatic rings. The van der Waals surface area contributed by atoms with Crippen LogP contribution in [-0.2, 0) is 9.53 Å². The highest BCUT2D eigenvalue weighted by atomic mass is 16.5. The normalized spacial score (nSPS) is 25.9. The van der Waals surface area contributed by atoms with Gasteiger partial charge in [0, 0.05) is 45.8 Å². The van der Waals surface area contributed by atoms with Gasteiger partial charge in [0.05, 0.1) is 6.10 Å². The van der Waals surface area contributed by atoms with Crippen LogP contribution in [-0.4, -0.2) is 67.7 Å². The average molecular weight is 283 g/mol. The molecule has 20 heavy (non-hydrogen) atoms. The van der Waals surface area contributed by atoms with E-state index in [1.54, 1.807) is 0 Å². The zero-order valence-corrected chi connectivity index (χ0v) is 12.7. The van der Waals surface area contributed by atoms with Gasteiger partial charge in [-0.2, -0.15) is 0 Å². The van der Waals surface area contributed by atoms with Gasteiger partial charge < -0.3 is 15.4 Å². The summed E-state index contributed by atoms with van der Waals surface area (Å²) in [5.41, 5.74) is 5.66. The molecule has 0 bridgehead atoms. The molecule has 116 valence electrons. The van der Waals surface area contributed by atoms with E-state index < -0.39 is 0 Å². The molecule has 0 aromatic carbocycles. The van der Waals surface area contributed by atoms with E-state index in [4.69, 9.17) is 10.5 Å². The number of rotatable bonds is 6. The monoisotopic (exact) mass is 283 g/mol. The highest BCUT2D eigenvalue weighted by Gasteiger charge is 2.23. The van der Waals surface area contributed by atoms with E-state index in [-0.39, 0.29) is 0 Å². The zero-order valence-electron chi connectivity index (χ0n) is 12.7. The molecule has 2 rings (SSSR count). The highest BCUT2D eigenvalue weighted by molar-refractivity contribution is 5.76. The summed E-state index contributed by atoms with van der Waals surface area (Å²) in [4.78, 5) is 16.6. The van der Waals surface area contributed by atoms with Gasteiger partial charge in [0.25, 0.3) is 0 Å². The summed E-state index contributed by atoms with van der Waals surface area (Å²) in [6, 6.07) is 0. The van der Waals surface area contributed by atoms with E-state index in [2.05, 4.69) is 11.8 Å². The second-order valence-electron chi connectivity index (χ2n) is 6.20. The SMILES string of the molecule is CC(CN)CN1CCN(C(=O)CCC2CCCO2)CC1. The lowest BCUT2D eigenvalue weighted by Gasteiger charge is -2.36. The molecule has 0 radical (unpaired) electrons. The molecular formula is C15H29N3O2. The summed E-state index contributed by atoms with van der Waals surface area (Å²) in [6.45, 7) is 8.53. The smallest absolute Gasteiger partial charge is 0.222 e. The zero-order chi connectivity index (χ0) is 14.4. The number of nitrogens with two attached hydrogens (primary N) is 1. The summed E-state index contributed by atoms with van der Waals surface area (Å²) in [5, 5.41) is 0. The number of hydrogen-bond acceptors (Lipinski definition) is 4. The Kier molecular flexibility index (Phi) is 6.26. The minimum absolute atomic E-state index is 0.298. The number of nitrogens with zero attached hydrogens (tertiary/aromatic N) is 2. The Hall–Kier alpha value is -0.650. The Bertz CT molecular complexity index is 297. The first-order chi connectivity index (χ1) is 9.69. The van der Waals surface area contributed by atoms with Crippen LogP contribution in [0.4, 0.5) is 0 Å². The van der Waals surface area contributed by atoms with Gasteiger partial charge >= 0.3 is 0 Å². The van der Waals surface area contributed by atoms with Crippen molar-refractivity contribution in [3.8, 4) is 0 Å². The Labute approximate surface area is 122 Å². The molecule has 2 aliphatic rings. The van der Waals surface area contributed by atoms with E-state index in [1.807, 2.05) is 4.90 Å². The van der Waals surface area contributed by atoms with Crippen LogP contribution in [0.25, 0.3) is 0 Å². The van der Waals surface area contributed by atoms with Crippen LogP contribution in [0.15, 0.2) is 0 Å². The maximum absolute atomic E-state index is 12.2. The summed E-state index contributed by atoms with van der Waals surface area (Å²) < 4.78 is 5.57. The molecule has 2 heterocycles. The van der Waals surface area contributed by atoms with Crippen molar-refractivity contribution < 1.29 is 9.53 Å². The molecule has 1 amide bonds. The van der Waals surface area contributed by atoms with E-state index in [0.29, 0.717) is 24.3 Å². The van der Waals surface area contributed by atoms with Crippen LogP contribution in [0.2, 0.25) is 0 Å². The third kappa shape index (κ3) is 4.72.